The van der Waals surface area contributed by atoms with E-state index in [2.05, 4.69) is 72.4 Å². The van der Waals surface area contributed by atoms with Crippen molar-refractivity contribution in [2.75, 3.05) is 44.6 Å². The normalized spacial score (nSPS) is 17.7. The lowest BCUT2D eigenvalue weighted by Crippen LogP contribution is -2.42. The smallest absolute Gasteiger partial charge is 0.315 e. The summed E-state index contributed by atoms with van der Waals surface area (Å²) in [4.78, 5) is 54.8. The second-order valence-corrected chi connectivity index (χ2v) is 13.9. The van der Waals surface area contributed by atoms with Gasteiger partial charge in [0.2, 0.25) is 5.82 Å². The van der Waals surface area contributed by atoms with Crippen molar-refractivity contribution in [3.63, 3.8) is 0 Å². The molecule has 6 rings (SSSR count). The summed E-state index contributed by atoms with van der Waals surface area (Å²) >= 11 is 0. The van der Waals surface area contributed by atoms with Gasteiger partial charge in [-0.1, -0.05) is 98.8 Å². The maximum atomic E-state index is 13.6. The summed E-state index contributed by atoms with van der Waals surface area (Å²) in [5, 5.41) is 36.1. The standard InChI is InChI=1S/C42H52N10O6/c1-4-43-39(55)35-33(53)34(54)41(58-35)52-26-48-32-36(46-24-31(29-13-9-7-10-14-29)30-15-11-8-12-16-30)49-37(50-38(32)52)40(56)44-21-22-45-42(57)47-23-27-17-19-28(20-18-27)25-51(5-2)6-3/h7-20,26,31,33-35,41,53-54H,4-6,21-25H2,1-3H3,(H,43,55)(H,44,56)(H2,45,47,57)(H,46,49,50)/t33-,34+,35-,41+/m0/s1. The molecule has 58 heavy (non-hydrogen) atoms. The van der Waals surface area contributed by atoms with Crippen LogP contribution in [0.2, 0.25) is 0 Å². The molecule has 0 aliphatic carbocycles. The first-order valence-corrected chi connectivity index (χ1v) is 19.7. The van der Waals surface area contributed by atoms with Crippen LogP contribution in [0.1, 0.15) is 65.8 Å². The summed E-state index contributed by atoms with van der Waals surface area (Å²) in [7, 11) is 0. The average molecular weight is 793 g/mol. The van der Waals surface area contributed by atoms with Gasteiger partial charge in [0.1, 0.15) is 12.2 Å². The van der Waals surface area contributed by atoms with Gasteiger partial charge in [0, 0.05) is 45.2 Å². The van der Waals surface area contributed by atoms with E-state index >= 15 is 0 Å². The van der Waals surface area contributed by atoms with Crippen LogP contribution in [0.25, 0.3) is 11.2 Å². The van der Waals surface area contributed by atoms with Crippen LogP contribution < -0.4 is 26.6 Å². The first-order valence-electron chi connectivity index (χ1n) is 19.7. The van der Waals surface area contributed by atoms with Crippen molar-refractivity contribution < 1.29 is 29.3 Å². The number of carbonyl (C=O) groups excluding carboxylic acids is 3. The number of amides is 4. The molecule has 1 fully saturated rings. The highest BCUT2D eigenvalue weighted by molar-refractivity contribution is 5.94. The highest BCUT2D eigenvalue weighted by Gasteiger charge is 2.47. The van der Waals surface area contributed by atoms with E-state index in [4.69, 9.17) is 4.74 Å². The summed E-state index contributed by atoms with van der Waals surface area (Å²) in [6.07, 6.45) is -4.27. The molecule has 306 valence electrons. The zero-order chi connectivity index (χ0) is 41.0. The lowest BCUT2D eigenvalue weighted by atomic mass is 9.91. The van der Waals surface area contributed by atoms with Gasteiger partial charge in [-0.05, 0) is 42.3 Å². The van der Waals surface area contributed by atoms with Gasteiger partial charge in [0.15, 0.2) is 29.3 Å². The number of anilines is 1. The van der Waals surface area contributed by atoms with Crippen LogP contribution in [0.5, 0.6) is 0 Å². The lowest BCUT2D eigenvalue weighted by molar-refractivity contribution is -0.137. The predicted molar refractivity (Wildman–Crippen MR) is 219 cm³/mol. The van der Waals surface area contributed by atoms with Gasteiger partial charge in [-0.25, -0.2) is 19.7 Å². The Morgan fingerprint density at radius 3 is 2.07 bits per heavy atom. The summed E-state index contributed by atoms with van der Waals surface area (Å²) in [6, 6.07) is 27.7. The summed E-state index contributed by atoms with van der Waals surface area (Å²) in [5.74, 6) is -1.27. The van der Waals surface area contributed by atoms with Gasteiger partial charge in [-0.15, -0.1) is 0 Å². The largest absolute Gasteiger partial charge is 0.387 e. The van der Waals surface area contributed by atoms with Crippen LogP contribution in [0.3, 0.4) is 0 Å². The molecule has 4 atom stereocenters. The highest BCUT2D eigenvalue weighted by atomic mass is 16.6. The fourth-order valence-electron chi connectivity index (χ4n) is 6.85. The van der Waals surface area contributed by atoms with E-state index in [0.717, 1.165) is 36.3 Å². The number of urea groups is 1. The Balaban J connectivity index is 1.16. The number of fused-ring (bicyclic) bond motifs is 1. The number of benzene rings is 3. The maximum absolute atomic E-state index is 13.6. The van der Waals surface area contributed by atoms with Crippen LogP contribution >= 0.6 is 0 Å². The number of hydrogen-bond donors (Lipinski definition) is 7. The van der Waals surface area contributed by atoms with E-state index in [1.807, 2.05) is 72.8 Å². The molecule has 2 aromatic heterocycles. The average Bonchev–Trinajstić information content (AvgIpc) is 3.81. The number of imidazole rings is 1. The molecule has 1 aliphatic heterocycles. The second kappa shape index (κ2) is 20.0. The Labute approximate surface area is 337 Å². The Kier molecular flexibility index (Phi) is 14.3. The third-order valence-electron chi connectivity index (χ3n) is 10.1. The summed E-state index contributed by atoms with van der Waals surface area (Å²) < 4.78 is 7.24. The number of ether oxygens (including phenoxy) is 1. The van der Waals surface area contributed by atoms with E-state index in [0.29, 0.717) is 19.6 Å². The fourth-order valence-corrected chi connectivity index (χ4v) is 6.85. The SMILES string of the molecule is CCNC(=O)[C@H]1O[C@@H](n2cnc3c(NCC(c4ccccc4)c4ccccc4)nc(C(=O)NCCNC(=O)NCc4ccc(CN(CC)CC)cc4)nc32)[C@H](O)[C@@H]1O. The molecule has 3 heterocycles. The molecule has 1 saturated heterocycles. The Bertz CT molecular complexity index is 2070. The summed E-state index contributed by atoms with van der Waals surface area (Å²) in [5.41, 5.74) is 4.70. The Morgan fingerprint density at radius 2 is 1.43 bits per heavy atom. The topological polar surface area (TPSA) is 208 Å². The van der Waals surface area contributed by atoms with Crippen LogP contribution in [0.4, 0.5) is 10.6 Å². The lowest BCUT2D eigenvalue weighted by Gasteiger charge is -2.20. The molecule has 1 aliphatic rings. The molecule has 3 aromatic carbocycles. The Morgan fingerprint density at radius 1 is 0.793 bits per heavy atom. The van der Waals surface area contributed by atoms with Crippen molar-refractivity contribution in [3.8, 4) is 0 Å². The highest BCUT2D eigenvalue weighted by Crippen LogP contribution is 2.33. The quantitative estimate of drug-likeness (QED) is 0.0643. The van der Waals surface area contributed by atoms with Crippen molar-refractivity contribution in [1.29, 1.82) is 0 Å². The molecule has 4 amide bonds. The Hall–Kier alpha value is -5.94. The molecular formula is C42H52N10O6. The van der Waals surface area contributed by atoms with E-state index in [1.54, 1.807) is 6.92 Å². The van der Waals surface area contributed by atoms with Crippen molar-refractivity contribution >= 4 is 34.8 Å². The maximum Gasteiger partial charge on any atom is 0.315 e. The van der Waals surface area contributed by atoms with Crippen molar-refractivity contribution in [2.24, 2.45) is 0 Å². The summed E-state index contributed by atoms with van der Waals surface area (Å²) in [6.45, 7) is 10.1. The third-order valence-corrected chi connectivity index (χ3v) is 10.1. The third kappa shape index (κ3) is 10.1. The molecule has 0 bridgehead atoms. The molecule has 0 spiro atoms. The monoisotopic (exact) mass is 792 g/mol. The number of rotatable bonds is 18. The van der Waals surface area contributed by atoms with Crippen LogP contribution in [-0.4, -0.2) is 110 Å². The first-order chi connectivity index (χ1) is 28.2. The van der Waals surface area contributed by atoms with E-state index < -0.39 is 36.4 Å². The van der Waals surface area contributed by atoms with Crippen LogP contribution in [0.15, 0.2) is 91.3 Å². The van der Waals surface area contributed by atoms with Gasteiger partial charge < -0.3 is 41.5 Å². The number of nitrogens with one attached hydrogen (secondary N) is 5. The molecule has 16 nitrogen and oxygen atoms in total. The molecular weight excluding hydrogens is 741 g/mol. The first kappa shape index (κ1) is 41.7. The number of nitrogens with zero attached hydrogens (tertiary/aromatic N) is 5. The number of aliphatic hydroxyl groups is 2. The molecule has 0 radical (unpaired) electrons. The molecule has 0 saturated carbocycles. The van der Waals surface area contributed by atoms with Gasteiger partial charge in [0.25, 0.3) is 11.8 Å². The minimum absolute atomic E-state index is 0.0741. The van der Waals surface area contributed by atoms with E-state index in [1.165, 1.54) is 16.5 Å². The van der Waals surface area contributed by atoms with Gasteiger partial charge in [0.05, 0.1) is 6.33 Å². The van der Waals surface area contributed by atoms with Crippen LogP contribution in [-0.2, 0) is 22.6 Å². The zero-order valence-corrected chi connectivity index (χ0v) is 33.0. The predicted octanol–water partition coefficient (Wildman–Crippen LogP) is 2.90. The molecule has 7 N–H and O–H groups in total. The van der Waals surface area contributed by atoms with Crippen LogP contribution in [0, 0.1) is 0 Å². The molecule has 16 heteroatoms. The fraction of sp³-hybridized carbons (Fsp3) is 0.381. The van der Waals surface area contributed by atoms with E-state index in [-0.39, 0.29) is 47.8 Å². The van der Waals surface area contributed by atoms with Crippen molar-refractivity contribution in [2.45, 2.75) is 64.3 Å². The van der Waals surface area contributed by atoms with Crippen molar-refractivity contribution in [3.05, 3.63) is 119 Å². The minimum Gasteiger partial charge on any atom is -0.387 e. The number of carbonyl (C=O) groups is 3. The number of aromatic nitrogens is 4. The minimum atomic E-state index is -1.53. The van der Waals surface area contributed by atoms with Gasteiger partial charge >= 0.3 is 6.03 Å². The zero-order valence-electron chi connectivity index (χ0n) is 33.0. The number of likely N-dealkylation sites (N-methyl/N-ethyl adjacent to an activating group) is 1. The molecule has 5 aromatic rings. The molecule has 0 unspecified atom stereocenters. The number of aliphatic hydroxyl groups excluding tert-OH is 2. The van der Waals surface area contributed by atoms with Gasteiger partial charge in [-0.3, -0.25) is 19.1 Å². The second-order valence-electron chi connectivity index (χ2n) is 13.9. The number of hydrogen-bond acceptors (Lipinski definition) is 11. The van der Waals surface area contributed by atoms with Gasteiger partial charge in [-0.2, -0.15) is 0 Å². The van der Waals surface area contributed by atoms with E-state index in [9.17, 15) is 24.6 Å². The van der Waals surface area contributed by atoms with Crippen molar-refractivity contribution in [1.82, 2.24) is 45.7 Å².